The van der Waals surface area contributed by atoms with Crippen molar-refractivity contribution in [3.63, 3.8) is 0 Å². The number of hydrogen-bond acceptors (Lipinski definition) is 8. The molecule has 0 aliphatic rings. The average Bonchev–Trinajstić information content (AvgIpc) is 3.28. The summed E-state index contributed by atoms with van der Waals surface area (Å²) in [7, 11) is 0. The molecule has 4 atom stereocenters. The number of carboxylic acid groups (broad SMARTS) is 1. The van der Waals surface area contributed by atoms with Crippen LogP contribution in [-0.2, 0) is 30.4 Å². The Balaban J connectivity index is 2.24. The summed E-state index contributed by atoms with van der Waals surface area (Å²) in [6, 6.07) is 1.96. The summed E-state index contributed by atoms with van der Waals surface area (Å²) in [4.78, 5) is 64.2. The fourth-order valence-corrected chi connectivity index (χ4v) is 3.81. The molecule has 0 bridgehead atoms. The van der Waals surface area contributed by atoms with E-state index in [1.165, 1.54) is 0 Å². The number of primary amides is 1. The highest BCUT2D eigenvalue weighted by Gasteiger charge is 2.31. The molecule has 0 saturated heterocycles. The molecule has 1 heterocycles. The van der Waals surface area contributed by atoms with Gasteiger partial charge in [0.25, 0.3) is 0 Å². The molecule has 0 fully saturated rings. The lowest BCUT2D eigenvalue weighted by Crippen LogP contribution is -2.58. The molecule has 14 heteroatoms. The molecule has 0 radical (unpaired) electrons. The van der Waals surface area contributed by atoms with Crippen LogP contribution in [0.4, 0.5) is 0 Å². The molecule has 0 aliphatic carbocycles. The number of amides is 4. The SMILES string of the molecule is NCCCC[C@H](NC(=O)[C@H](Cc1c[nH]c2ccccc12)NC(=O)[C@H](CO)NC(=O)[C@@H](N)CC(N)=O)C(=O)O. The van der Waals surface area contributed by atoms with E-state index in [1.807, 2.05) is 18.2 Å². The average molecular weight is 534 g/mol. The summed E-state index contributed by atoms with van der Waals surface area (Å²) in [6.45, 7) is -0.462. The van der Waals surface area contributed by atoms with Gasteiger partial charge in [0, 0.05) is 23.5 Å². The van der Waals surface area contributed by atoms with Crippen molar-refractivity contribution in [2.24, 2.45) is 17.2 Å². The van der Waals surface area contributed by atoms with E-state index in [0.717, 1.165) is 10.9 Å². The second kappa shape index (κ2) is 14.7. The predicted molar refractivity (Wildman–Crippen MR) is 137 cm³/mol. The predicted octanol–water partition coefficient (Wildman–Crippen LogP) is -2.43. The van der Waals surface area contributed by atoms with Gasteiger partial charge in [0.2, 0.25) is 23.6 Å². The van der Waals surface area contributed by atoms with Gasteiger partial charge >= 0.3 is 5.97 Å². The monoisotopic (exact) mass is 533 g/mol. The number of aromatic amines is 1. The van der Waals surface area contributed by atoms with Crippen LogP contribution in [0.1, 0.15) is 31.2 Å². The standard InChI is InChI=1S/C24H35N7O7/c25-8-4-3-7-17(24(37)38)29-22(35)18(9-13-11-28-16-6-2-1-5-14(13)16)30-23(36)19(12-32)31-21(34)15(26)10-20(27)33/h1-2,5-6,11,15,17-19,28,32H,3-4,7-10,12,25-26H2,(H2,27,33)(H,29,35)(H,30,36)(H,31,34)(H,37,38)/t15-,17-,18-,19-/m0/s1. The molecule has 14 nitrogen and oxygen atoms in total. The number of carbonyl (C=O) groups is 5. The molecule has 0 spiro atoms. The first-order valence-corrected chi connectivity index (χ1v) is 12.1. The minimum Gasteiger partial charge on any atom is -0.480 e. The Labute approximate surface area is 218 Å². The molecule has 1 aromatic carbocycles. The third kappa shape index (κ3) is 8.83. The van der Waals surface area contributed by atoms with Crippen molar-refractivity contribution in [1.29, 1.82) is 0 Å². The van der Waals surface area contributed by atoms with Crippen LogP contribution in [0.2, 0.25) is 0 Å². The number of fused-ring (bicyclic) bond motifs is 1. The number of H-pyrrole nitrogens is 1. The normalized spacial score (nSPS) is 14.2. The second-order valence-electron chi connectivity index (χ2n) is 8.83. The van der Waals surface area contributed by atoms with Gasteiger partial charge in [-0.15, -0.1) is 0 Å². The molecule has 38 heavy (non-hydrogen) atoms. The Bertz CT molecular complexity index is 1140. The summed E-state index contributed by atoms with van der Waals surface area (Å²) in [5, 5.41) is 27.2. The van der Waals surface area contributed by atoms with Crippen LogP contribution >= 0.6 is 0 Å². The number of carbonyl (C=O) groups excluding carboxylic acids is 4. The number of carboxylic acids is 1. The molecule has 1 aromatic heterocycles. The minimum absolute atomic E-state index is 0.0238. The van der Waals surface area contributed by atoms with Crippen molar-refractivity contribution in [3.05, 3.63) is 36.0 Å². The number of nitrogens with two attached hydrogens (primary N) is 3. The van der Waals surface area contributed by atoms with Crippen molar-refractivity contribution in [1.82, 2.24) is 20.9 Å². The second-order valence-corrected chi connectivity index (χ2v) is 8.83. The zero-order chi connectivity index (χ0) is 28.2. The van der Waals surface area contributed by atoms with Gasteiger partial charge in [-0.05, 0) is 37.4 Å². The maximum atomic E-state index is 13.2. The molecule has 0 unspecified atom stereocenters. The van der Waals surface area contributed by atoms with Gasteiger partial charge in [0.15, 0.2) is 0 Å². The highest BCUT2D eigenvalue weighted by Crippen LogP contribution is 2.19. The van der Waals surface area contributed by atoms with Gasteiger partial charge in [0.05, 0.1) is 19.1 Å². The van der Waals surface area contributed by atoms with Crippen molar-refractivity contribution >= 4 is 40.5 Å². The number of rotatable bonds is 16. The van der Waals surface area contributed by atoms with Crippen LogP contribution in [-0.4, -0.2) is 82.1 Å². The quantitative estimate of drug-likeness (QED) is 0.104. The number of benzene rings is 1. The number of hydrogen-bond donors (Lipinski definition) is 9. The van der Waals surface area contributed by atoms with E-state index < -0.39 is 66.8 Å². The fourth-order valence-electron chi connectivity index (χ4n) is 3.81. The maximum absolute atomic E-state index is 13.2. The first-order chi connectivity index (χ1) is 18.1. The van der Waals surface area contributed by atoms with Gasteiger partial charge in [-0.1, -0.05) is 18.2 Å². The first kappa shape index (κ1) is 30.2. The molecular formula is C24H35N7O7. The van der Waals surface area contributed by atoms with Crippen molar-refractivity contribution in [3.8, 4) is 0 Å². The number of aliphatic hydroxyl groups excluding tert-OH is 1. The molecule has 2 rings (SSSR count). The number of aliphatic carboxylic acids is 1. The number of nitrogens with one attached hydrogen (secondary N) is 4. The summed E-state index contributed by atoms with van der Waals surface area (Å²) in [5.74, 6) is -4.65. The first-order valence-electron chi connectivity index (χ1n) is 12.1. The summed E-state index contributed by atoms with van der Waals surface area (Å²) in [5.41, 5.74) is 17.6. The maximum Gasteiger partial charge on any atom is 0.326 e. The minimum atomic E-state index is -1.50. The number of aromatic nitrogens is 1. The highest BCUT2D eigenvalue weighted by molar-refractivity contribution is 5.95. The van der Waals surface area contributed by atoms with E-state index in [2.05, 4.69) is 20.9 Å². The van der Waals surface area contributed by atoms with E-state index in [4.69, 9.17) is 17.2 Å². The molecule has 2 aromatic rings. The van der Waals surface area contributed by atoms with E-state index in [9.17, 15) is 34.2 Å². The lowest BCUT2D eigenvalue weighted by Gasteiger charge is -2.24. The van der Waals surface area contributed by atoms with Gasteiger partial charge in [0.1, 0.15) is 18.1 Å². The molecule has 208 valence electrons. The van der Waals surface area contributed by atoms with Crippen LogP contribution in [0.3, 0.4) is 0 Å². The molecule has 0 aliphatic heterocycles. The third-order valence-corrected chi connectivity index (χ3v) is 5.87. The largest absolute Gasteiger partial charge is 0.480 e. The Morgan fingerprint density at radius 2 is 1.55 bits per heavy atom. The van der Waals surface area contributed by atoms with Gasteiger partial charge in [-0.2, -0.15) is 0 Å². The Morgan fingerprint density at radius 1 is 0.921 bits per heavy atom. The van der Waals surface area contributed by atoms with E-state index in [0.29, 0.717) is 24.9 Å². The number of aliphatic hydroxyl groups is 1. The Morgan fingerprint density at radius 3 is 2.18 bits per heavy atom. The van der Waals surface area contributed by atoms with Gasteiger partial charge < -0.3 is 48.3 Å². The Hall–Kier alpha value is -4.01. The molecule has 12 N–H and O–H groups in total. The van der Waals surface area contributed by atoms with Gasteiger partial charge in [-0.3, -0.25) is 19.2 Å². The van der Waals surface area contributed by atoms with E-state index >= 15 is 0 Å². The van der Waals surface area contributed by atoms with Gasteiger partial charge in [-0.25, -0.2) is 4.79 Å². The Kier molecular flexibility index (Phi) is 11.7. The molecule has 0 saturated carbocycles. The topological polar surface area (TPSA) is 256 Å². The number of unbranched alkanes of at least 4 members (excludes halogenated alkanes) is 1. The van der Waals surface area contributed by atoms with Crippen LogP contribution in [0.5, 0.6) is 0 Å². The lowest BCUT2D eigenvalue weighted by molar-refractivity contribution is -0.142. The summed E-state index contributed by atoms with van der Waals surface area (Å²) in [6.07, 6.45) is 2.35. The number of para-hydroxylation sites is 1. The van der Waals surface area contributed by atoms with Crippen LogP contribution in [0.25, 0.3) is 10.9 Å². The zero-order valence-electron chi connectivity index (χ0n) is 20.8. The van der Waals surface area contributed by atoms with Crippen LogP contribution < -0.4 is 33.2 Å². The lowest BCUT2D eigenvalue weighted by atomic mass is 10.0. The summed E-state index contributed by atoms with van der Waals surface area (Å²) < 4.78 is 0. The smallest absolute Gasteiger partial charge is 0.326 e. The molecular weight excluding hydrogens is 498 g/mol. The van der Waals surface area contributed by atoms with Crippen LogP contribution in [0.15, 0.2) is 30.5 Å². The van der Waals surface area contributed by atoms with Crippen molar-refractivity contribution in [2.75, 3.05) is 13.2 Å². The molecule has 4 amide bonds. The summed E-state index contributed by atoms with van der Waals surface area (Å²) >= 11 is 0. The van der Waals surface area contributed by atoms with E-state index in [1.54, 1.807) is 12.3 Å². The highest BCUT2D eigenvalue weighted by atomic mass is 16.4. The van der Waals surface area contributed by atoms with Crippen LogP contribution in [0, 0.1) is 0 Å². The van der Waals surface area contributed by atoms with E-state index in [-0.39, 0.29) is 12.8 Å². The third-order valence-electron chi connectivity index (χ3n) is 5.87. The fraction of sp³-hybridized carbons (Fsp3) is 0.458. The zero-order valence-corrected chi connectivity index (χ0v) is 20.8. The van der Waals surface area contributed by atoms with Crippen molar-refractivity contribution in [2.45, 2.75) is 56.3 Å². The van der Waals surface area contributed by atoms with Crippen molar-refractivity contribution < 1.29 is 34.2 Å².